The molecule has 0 unspecified atom stereocenters. The van der Waals surface area contributed by atoms with Crippen molar-refractivity contribution in [2.24, 2.45) is 0 Å². The Bertz CT molecular complexity index is 672. The monoisotopic (exact) mass is 359 g/mol. The first-order chi connectivity index (χ1) is 12.4. The highest BCUT2D eigenvalue weighted by Crippen LogP contribution is 2.34. The van der Waals surface area contributed by atoms with Crippen LogP contribution in [0.25, 0.3) is 0 Å². The van der Waals surface area contributed by atoms with E-state index in [0.29, 0.717) is 25.1 Å². The lowest BCUT2D eigenvalue weighted by atomic mass is 10.1. The minimum Gasteiger partial charge on any atom is -0.489 e. The van der Waals surface area contributed by atoms with Crippen molar-refractivity contribution in [2.45, 2.75) is 25.8 Å². The molecule has 1 aliphatic heterocycles. The summed E-state index contributed by atoms with van der Waals surface area (Å²) in [5, 5.41) is 0. The van der Waals surface area contributed by atoms with E-state index in [1.165, 1.54) is 0 Å². The number of hydrogen-bond donors (Lipinski definition) is 0. The van der Waals surface area contributed by atoms with Gasteiger partial charge in [-0.15, -0.1) is 6.58 Å². The Kier molecular flexibility index (Phi) is 6.66. The molecule has 6 nitrogen and oxygen atoms in total. The van der Waals surface area contributed by atoms with E-state index >= 15 is 0 Å². The molecule has 0 aromatic heterocycles. The highest BCUT2D eigenvalue weighted by molar-refractivity contribution is 5.95. The van der Waals surface area contributed by atoms with Gasteiger partial charge in [0.2, 0.25) is 5.91 Å². The van der Waals surface area contributed by atoms with Crippen molar-refractivity contribution in [1.82, 2.24) is 9.80 Å². The number of hydrogen-bond acceptors (Lipinski definition) is 4. The average molecular weight is 359 g/mol. The Morgan fingerprint density at radius 2 is 2.12 bits per heavy atom. The molecule has 0 aliphatic carbocycles. The third kappa shape index (κ3) is 4.36. The topological polar surface area (TPSA) is 53.1 Å². The van der Waals surface area contributed by atoms with Gasteiger partial charge in [-0.25, -0.2) is 0 Å². The van der Waals surface area contributed by atoms with E-state index in [1.807, 2.05) is 29.0 Å². The molecule has 1 aromatic carbocycles. The number of amides is 2. The summed E-state index contributed by atoms with van der Waals surface area (Å²) >= 11 is 0. The van der Waals surface area contributed by atoms with E-state index in [-0.39, 0.29) is 17.9 Å². The first-order valence-corrected chi connectivity index (χ1v) is 8.99. The number of benzene rings is 1. The predicted molar refractivity (Wildman–Crippen MR) is 104 cm³/mol. The van der Waals surface area contributed by atoms with Gasteiger partial charge in [0.1, 0.15) is 12.4 Å². The van der Waals surface area contributed by atoms with Crippen LogP contribution < -0.4 is 9.64 Å². The minimum absolute atomic E-state index is 0.0560. The molecule has 0 radical (unpaired) electrons. The Hall–Kier alpha value is -2.50. The molecule has 0 N–H and O–H groups in total. The molecule has 0 bridgehead atoms. The molecule has 1 heterocycles. The molecule has 142 valence electrons. The summed E-state index contributed by atoms with van der Waals surface area (Å²) in [4.78, 5) is 30.3. The number of ether oxygens (including phenoxy) is 1. The molecule has 0 saturated carbocycles. The minimum atomic E-state index is -0.0659. The zero-order valence-corrected chi connectivity index (χ0v) is 16.2. The molecule has 0 fully saturated rings. The zero-order valence-electron chi connectivity index (χ0n) is 16.2. The van der Waals surface area contributed by atoms with Crippen molar-refractivity contribution in [3.8, 4) is 5.75 Å². The lowest BCUT2D eigenvalue weighted by Gasteiger charge is -2.36. The molecule has 2 rings (SSSR count). The molecule has 1 aliphatic rings. The van der Waals surface area contributed by atoms with Gasteiger partial charge < -0.3 is 19.4 Å². The summed E-state index contributed by atoms with van der Waals surface area (Å²) < 4.78 is 5.84. The van der Waals surface area contributed by atoms with Crippen LogP contribution in [0.3, 0.4) is 0 Å². The first-order valence-electron chi connectivity index (χ1n) is 8.99. The predicted octanol–water partition coefficient (Wildman–Crippen LogP) is 2.40. The van der Waals surface area contributed by atoms with Crippen molar-refractivity contribution in [2.75, 3.05) is 45.7 Å². The van der Waals surface area contributed by atoms with Crippen molar-refractivity contribution in [3.05, 3.63) is 36.4 Å². The fraction of sp³-hybridized carbons (Fsp3) is 0.500. The lowest BCUT2D eigenvalue weighted by Crippen LogP contribution is -2.45. The van der Waals surface area contributed by atoms with Gasteiger partial charge in [0, 0.05) is 39.8 Å². The molecule has 6 heteroatoms. The van der Waals surface area contributed by atoms with Crippen LogP contribution in [0.4, 0.5) is 5.69 Å². The van der Waals surface area contributed by atoms with Gasteiger partial charge in [0.15, 0.2) is 0 Å². The Labute approximate surface area is 156 Å². The van der Waals surface area contributed by atoms with E-state index < -0.39 is 0 Å². The second-order valence-corrected chi connectivity index (χ2v) is 6.79. The summed E-state index contributed by atoms with van der Waals surface area (Å²) in [5.74, 6) is 0.777. The summed E-state index contributed by atoms with van der Waals surface area (Å²) in [6.07, 6.45) is 3.04. The second kappa shape index (κ2) is 8.74. The maximum Gasteiger partial charge on any atom is 0.253 e. The largest absolute Gasteiger partial charge is 0.489 e. The van der Waals surface area contributed by atoms with Crippen LogP contribution in [0.2, 0.25) is 0 Å². The molecule has 0 spiro atoms. The summed E-state index contributed by atoms with van der Waals surface area (Å²) in [5.41, 5.74) is 1.45. The smallest absolute Gasteiger partial charge is 0.253 e. The maximum atomic E-state index is 12.6. The average Bonchev–Trinajstić information content (AvgIpc) is 2.62. The number of nitrogens with zero attached hydrogens (tertiary/aromatic N) is 3. The molecular weight excluding hydrogens is 330 g/mol. The fourth-order valence-corrected chi connectivity index (χ4v) is 3.07. The van der Waals surface area contributed by atoms with Crippen molar-refractivity contribution in [1.29, 1.82) is 0 Å². The second-order valence-electron chi connectivity index (χ2n) is 6.79. The van der Waals surface area contributed by atoms with E-state index in [2.05, 4.69) is 13.5 Å². The number of rotatable bonds is 7. The van der Waals surface area contributed by atoms with Crippen molar-refractivity contribution in [3.63, 3.8) is 0 Å². The zero-order chi connectivity index (χ0) is 19.3. The molecule has 2 amide bonds. The van der Waals surface area contributed by atoms with E-state index in [1.54, 1.807) is 31.1 Å². The van der Waals surface area contributed by atoms with Crippen LogP contribution in [0.15, 0.2) is 30.9 Å². The number of fused-ring (bicyclic) bond motifs is 1. The van der Waals surface area contributed by atoms with Crippen LogP contribution in [0, 0.1) is 0 Å². The number of carbonyl (C=O) groups is 2. The SMILES string of the molecule is C=CCN(CCC)C(=O)C[C@H]1COc2ccc(C(=O)N(C)C)cc2N1C. The maximum absolute atomic E-state index is 12.6. The highest BCUT2D eigenvalue weighted by atomic mass is 16.5. The van der Waals surface area contributed by atoms with Crippen LogP contribution in [0.1, 0.15) is 30.1 Å². The van der Waals surface area contributed by atoms with Gasteiger partial charge in [0.25, 0.3) is 5.91 Å². The van der Waals surface area contributed by atoms with E-state index in [0.717, 1.165) is 24.4 Å². The Balaban J connectivity index is 2.16. The summed E-state index contributed by atoms with van der Waals surface area (Å²) in [6.45, 7) is 7.52. The molecule has 1 aromatic rings. The molecule has 0 saturated heterocycles. The molecule has 26 heavy (non-hydrogen) atoms. The molecule has 1 atom stereocenters. The number of anilines is 1. The van der Waals surface area contributed by atoms with Gasteiger partial charge >= 0.3 is 0 Å². The third-order valence-electron chi connectivity index (χ3n) is 4.58. The lowest BCUT2D eigenvalue weighted by molar-refractivity contribution is -0.131. The van der Waals surface area contributed by atoms with Gasteiger partial charge in [-0.3, -0.25) is 9.59 Å². The number of likely N-dealkylation sites (N-methyl/N-ethyl adjacent to an activating group) is 1. The van der Waals surface area contributed by atoms with Crippen LogP contribution in [-0.4, -0.2) is 68.5 Å². The normalized spacial score (nSPS) is 15.7. The number of carbonyl (C=O) groups excluding carboxylic acids is 2. The fourth-order valence-electron chi connectivity index (χ4n) is 3.07. The van der Waals surface area contributed by atoms with Crippen LogP contribution in [0.5, 0.6) is 5.75 Å². The van der Waals surface area contributed by atoms with Gasteiger partial charge in [-0.1, -0.05) is 13.0 Å². The highest BCUT2D eigenvalue weighted by Gasteiger charge is 2.29. The quantitative estimate of drug-likeness (QED) is 0.702. The Morgan fingerprint density at radius 3 is 2.73 bits per heavy atom. The summed E-state index contributed by atoms with van der Waals surface area (Å²) in [7, 11) is 5.40. The molecular formula is C20H29N3O3. The van der Waals surface area contributed by atoms with Crippen molar-refractivity contribution >= 4 is 17.5 Å². The first kappa shape index (κ1) is 19.8. The van der Waals surface area contributed by atoms with E-state index in [9.17, 15) is 9.59 Å². The van der Waals surface area contributed by atoms with Gasteiger partial charge in [-0.05, 0) is 24.6 Å². The van der Waals surface area contributed by atoms with Gasteiger partial charge in [0.05, 0.1) is 18.2 Å². The Morgan fingerprint density at radius 1 is 1.38 bits per heavy atom. The van der Waals surface area contributed by atoms with Crippen molar-refractivity contribution < 1.29 is 14.3 Å². The third-order valence-corrected chi connectivity index (χ3v) is 4.58. The summed E-state index contributed by atoms with van der Waals surface area (Å²) in [6, 6.07) is 5.36. The standard InChI is InChI=1S/C20H29N3O3/c1-6-10-23(11-7-2)19(24)13-16-14-26-18-9-8-15(20(25)21(3)4)12-17(18)22(16)5/h6,8-9,12,16H,1,7,10-11,13-14H2,2-5H3/t16-/m0/s1. The van der Waals surface area contributed by atoms with Crippen LogP contribution >= 0.6 is 0 Å². The van der Waals surface area contributed by atoms with Gasteiger partial charge in [-0.2, -0.15) is 0 Å². The van der Waals surface area contributed by atoms with Crippen LogP contribution in [-0.2, 0) is 4.79 Å². The van der Waals surface area contributed by atoms with E-state index in [4.69, 9.17) is 4.74 Å².